The molecule has 0 aliphatic carbocycles. The van der Waals surface area contributed by atoms with Gasteiger partial charge in [-0.15, -0.1) is 5.10 Å². The number of rotatable bonds is 5. The van der Waals surface area contributed by atoms with Crippen LogP contribution in [0.4, 0.5) is 0 Å². The van der Waals surface area contributed by atoms with E-state index in [2.05, 4.69) is 83.0 Å². The molecule has 2 aromatic heterocycles. The summed E-state index contributed by atoms with van der Waals surface area (Å²) in [5.74, 6) is 0. The second-order valence-corrected chi connectivity index (χ2v) is 6.56. The molecule has 1 atom stereocenters. The topological polar surface area (TPSA) is 46.5 Å². The van der Waals surface area contributed by atoms with Crippen LogP contribution in [0.3, 0.4) is 0 Å². The Hall–Kier alpha value is -2.88. The van der Waals surface area contributed by atoms with E-state index in [9.17, 15) is 0 Å². The number of para-hydroxylation sites is 1. The van der Waals surface area contributed by atoms with E-state index in [1.165, 1.54) is 22.0 Å². The van der Waals surface area contributed by atoms with Crippen molar-refractivity contribution in [1.29, 1.82) is 0 Å². The van der Waals surface area contributed by atoms with E-state index in [0.29, 0.717) is 0 Å². The Labute approximate surface area is 141 Å². The molecule has 0 aliphatic heterocycles. The predicted octanol–water partition coefficient (Wildman–Crippen LogP) is 3.96. The number of hydrogen-bond donors (Lipinski definition) is 1. The number of hydrogen-bond acceptors (Lipinski definition) is 2. The molecular formula is C20H20N4. The normalized spacial score (nSPS) is 13.9. The quantitative estimate of drug-likeness (QED) is 0.606. The molecule has 1 N–H and O–H groups in total. The number of nitrogens with one attached hydrogen (secondary N) is 1. The fraction of sp³-hybridized carbons (Fsp3) is 0.200. The van der Waals surface area contributed by atoms with E-state index in [1.807, 2.05) is 10.9 Å². The maximum atomic E-state index is 4.18. The van der Waals surface area contributed by atoms with Crippen molar-refractivity contribution in [3.8, 4) is 0 Å². The number of aromatic amines is 1. The molecule has 0 amide bonds. The Balaban J connectivity index is 1.75. The zero-order valence-electron chi connectivity index (χ0n) is 13.7. The lowest BCUT2D eigenvalue weighted by atomic mass is 9.77. The molecular weight excluding hydrogens is 296 g/mol. The maximum Gasteiger partial charge on any atom is 0.0692 e. The van der Waals surface area contributed by atoms with Crippen LogP contribution in [0.5, 0.6) is 0 Å². The zero-order valence-corrected chi connectivity index (χ0v) is 13.7. The maximum absolute atomic E-state index is 4.18. The van der Waals surface area contributed by atoms with Gasteiger partial charge in [0.15, 0.2) is 0 Å². The Bertz CT molecular complexity index is 925. The first-order chi connectivity index (χ1) is 11.7. The molecule has 2 aromatic carbocycles. The third-order valence-corrected chi connectivity index (χ3v) is 4.71. The van der Waals surface area contributed by atoms with Crippen LogP contribution in [0.1, 0.15) is 18.1 Å². The van der Waals surface area contributed by atoms with Crippen LogP contribution in [0.15, 0.2) is 73.2 Å². The van der Waals surface area contributed by atoms with E-state index in [4.69, 9.17) is 0 Å². The number of benzene rings is 2. The highest BCUT2D eigenvalue weighted by atomic mass is 15.4. The Kier molecular flexibility index (Phi) is 3.65. The number of H-pyrrole nitrogens is 1. The van der Waals surface area contributed by atoms with Crippen LogP contribution in [-0.2, 0) is 18.4 Å². The van der Waals surface area contributed by atoms with Gasteiger partial charge in [0.05, 0.1) is 12.7 Å². The van der Waals surface area contributed by atoms with Crippen molar-refractivity contribution < 1.29 is 0 Å². The van der Waals surface area contributed by atoms with Crippen molar-refractivity contribution in [3.05, 3.63) is 84.3 Å². The van der Waals surface area contributed by atoms with Gasteiger partial charge in [0.1, 0.15) is 0 Å². The Morgan fingerprint density at radius 2 is 1.83 bits per heavy atom. The predicted molar refractivity (Wildman–Crippen MR) is 95.8 cm³/mol. The summed E-state index contributed by atoms with van der Waals surface area (Å²) in [6, 6.07) is 19.1. The van der Waals surface area contributed by atoms with Gasteiger partial charge >= 0.3 is 0 Å². The van der Waals surface area contributed by atoms with Gasteiger partial charge < -0.3 is 4.98 Å². The van der Waals surface area contributed by atoms with Crippen LogP contribution >= 0.6 is 0 Å². The molecule has 1 unspecified atom stereocenters. The first kappa shape index (κ1) is 14.7. The van der Waals surface area contributed by atoms with Crippen molar-refractivity contribution in [2.45, 2.75) is 25.3 Å². The van der Waals surface area contributed by atoms with E-state index in [-0.39, 0.29) is 5.41 Å². The van der Waals surface area contributed by atoms with Crippen molar-refractivity contribution in [3.63, 3.8) is 0 Å². The third-order valence-electron chi connectivity index (χ3n) is 4.71. The lowest BCUT2D eigenvalue weighted by Gasteiger charge is -2.30. The Morgan fingerprint density at radius 1 is 1.04 bits per heavy atom. The van der Waals surface area contributed by atoms with Crippen molar-refractivity contribution in [2.75, 3.05) is 0 Å². The van der Waals surface area contributed by atoms with Gasteiger partial charge in [-0.25, -0.2) is 0 Å². The molecule has 0 saturated carbocycles. The summed E-state index contributed by atoms with van der Waals surface area (Å²) in [6.07, 6.45) is 6.72. The van der Waals surface area contributed by atoms with E-state index < -0.39 is 0 Å². The molecule has 4 nitrogen and oxygen atoms in total. The molecule has 120 valence electrons. The zero-order chi connectivity index (χ0) is 16.4. The van der Waals surface area contributed by atoms with Gasteiger partial charge in [0, 0.05) is 28.7 Å². The minimum atomic E-state index is -0.0695. The molecule has 4 heteroatoms. The lowest BCUT2D eigenvalue weighted by Crippen LogP contribution is -2.31. The van der Waals surface area contributed by atoms with E-state index in [1.54, 1.807) is 6.20 Å². The smallest absolute Gasteiger partial charge is 0.0692 e. The molecule has 24 heavy (non-hydrogen) atoms. The first-order valence-electron chi connectivity index (χ1n) is 8.19. The lowest BCUT2D eigenvalue weighted by molar-refractivity contribution is 0.368. The molecule has 0 aliphatic rings. The molecule has 2 heterocycles. The molecule has 0 saturated heterocycles. The van der Waals surface area contributed by atoms with Crippen molar-refractivity contribution >= 4 is 10.9 Å². The molecule has 4 rings (SSSR count). The fourth-order valence-corrected chi connectivity index (χ4v) is 3.46. The highest BCUT2D eigenvalue weighted by Crippen LogP contribution is 2.32. The summed E-state index contributed by atoms with van der Waals surface area (Å²) in [5, 5.41) is 9.42. The van der Waals surface area contributed by atoms with Crippen LogP contribution in [-0.4, -0.2) is 20.0 Å². The van der Waals surface area contributed by atoms with Gasteiger partial charge in [0.2, 0.25) is 0 Å². The second-order valence-electron chi connectivity index (χ2n) is 6.56. The van der Waals surface area contributed by atoms with Crippen molar-refractivity contribution in [1.82, 2.24) is 20.0 Å². The summed E-state index contributed by atoms with van der Waals surface area (Å²) in [7, 11) is 0. The molecule has 4 aromatic rings. The van der Waals surface area contributed by atoms with Crippen LogP contribution in [0, 0.1) is 0 Å². The highest BCUT2D eigenvalue weighted by Gasteiger charge is 2.29. The van der Waals surface area contributed by atoms with E-state index >= 15 is 0 Å². The average molecular weight is 316 g/mol. The number of fused-ring (bicyclic) bond motifs is 1. The average Bonchev–Trinajstić information content (AvgIpc) is 3.26. The fourth-order valence-electron chi connectivity index (χ4n) is 3.46. The van der Waals surface area contributed by atoms with Gasteiger partial charge in [-0.2, -0.15) is 0 Å². The molecule has 0 fully saturated rings. The summed E-state index contributed by atoms with van der Waals surface area (Å²) >= 11 is 0. The summed E-state index contributed by atoms with van der Waals surface area (Å²) in [5.41, 5.74) is 3.76. The third kappa shape index (κ3) is 2.71. The SMILES string of the molecule is CC(Cc1c[nH]c2ccccc12)(Cn1ccnn1)c1ccccc1. The van der Waals surface area contributed by atoms with Gasteiger partial charge in [-0.05, 0) is 23.6 Å². The summed E-state index contributed by atoms with van der Waals surface area (Å²) < 4.78 is 1.92. The number of nitrogens with zero attached hydrogens (tertiary/aromatic N) is 3. The van der Waals surface area contributed by atoms with Crippen LogP contribution in [0.25, 0.3) is 10.9 Å². The minimum Gasteiger partial charge on any atom is -0.361 e. The van der Waals surface area contributed by atoms with Gasteiger partial charge in [0.25, 0.3) is 0 Å². The standard InChI is InChI=1S/C20H20N4/c1-20(15-24-12-11-22-23-24,17-7-3-2-4-8-17)13-16-14-21-19-10-6-5-9-18(16)19/h2-12,14,21H,13,15H2,1H3. The molecule has 0 spiro atoms. The Morgan fingerprint density at radius 3 is 2.62 bits per heavy atom. The highest BCUT2D eigenvalue weighted by molar-refractivity contribution is 5.83. The van der Waals surface area contributed by atoms with Gasteiger partial charge in [-0.1, -0.05) is 60.7 Å². The second kappa shape index (κ2) is 5.96. The molecule has 0 bridgehead atoms. The van der Waals surface area contributed by atoms with Crippen molar-refractivity contribution in [2.24, 2.45) is 0 Å². The number of aromatic nitrogens is 4. The minimum absolute atomic E-state index is 0.0695. The van der Waals surface area contributed by atoms with Crippen LogP contribution < -0.4 is 0 Å². The largest absolute Gasteiger partial charge is 0.361 e. The molecule has 0 radical (unpaired) electrons. The van der Waals surface area contributed by atoms with Crippen LogP contribution in [0.2, 0.25) is 0 Å². The summed E-state index contributed by atoms with van der Waals surface area (Å²) in [6.45, 7) is 3.09. The monoisotopic (exact) mass is 316 g/mol. The van der Waals surface area contributed by atoms with E-state index in [0.717, 1.165) is 13.0 Å². The van der Waals surface area contributed by atoms with Gasteiger partial charge in [-0.3, -0.25) is 4.68 Å². The first-order valence-corrected chi connectivity index (χ1v) is 8.19. The summed E-state index contributed by atoms with van der Waals surface area (Å²) in [4.78, 5) is 3.39.